The average Bonchev–Trinajstić information content (AvgIpc) is 3.13. The minimum atomic E-state index is -0.900. The molecule has 1 unspecified atom stereocenters. The first-order valence-electron chi connectivity index (χ1n) is 8.11. The first-order chi connectivity index (χ1) is 11.2. The summed E-state index contributed by atoms with van der Waals surface area (Å²) in [4.78, 5) is 17.3. The van der Waals surface area contributed by atoms with E-state index in [9.17, 15) is 4.79 Å². The number of hydrogen-bond donors (Lipinski definition) is 1. The summed E-state index contributed by atoms with van der Waals surface area (Å²) in [7, 11) is 1.56. The van der Waals surface area contributed by atoms with Crippen molar-refractivity contribution in [2.24, 2.45) is 5.92 Å². The molecule has 1 aromatic carbocycles. The summed E-state index contributed by atoms with van der Waals surface area (Å²) in [5.74, 6) is 1.12. The molecule has 1 N–H and O–H groups in total. The predicted octanol–water partition coefficient (Wildman–Crippen LogP) is 2.19. The minimum absolute atomic E-state index is 0.176. The lowest BCUT2D eigenvalue weighted by Crippen LogP contribution is -2.45. The van der Waals surface area contributed by atoms with Crippen molar-refractivity contribution >= 4 is 22.9 Å². The number of imidazole rings is 1. The molecule has 1 aliphatic carbocycles. The number of rotatable bonds is 5. The fourth-order valence-electron chi connectivity index (χ4n) is 3.11. The van der Waals surface area contributed by atoms with E-state index >= 15 is 0 Å². The Balaban J connectivity index is 1.66. The van der Waals surface area contributed by atoms with Gasteiger partial charge in [0.25, 0.3) is 5.91 Å². The van der Waals surface area contributed by atoms with Crippen LogP contribution in [-0.4, -0.2) is 41.4 Å². The number of methoxy groups -OCH3 is 1. The molecular weight excluding hydrogens is 294 g/mol. The topological polar surface area (TPSA) is 65.4 Å². The second kappa shape index (κ2) is 5.62. The molecule has 0 spiro atoms. The summed E-state index contributed by atoms with van der Waals surface area (Å²) in [6, 6.07) is 7.98. The SMILES string of the molecule is COC1(C(=O)Nc2nc3ccccc3n2CC2CC2)CCOC1. The Hall–Kier alpha value is -1.92. The predicted molar refractivity (Wildman–Crippen MR) is 86.3 cm³/mol. The number of ether oxygens (including phenoxy) is 2. The van der Waals surface area contributed by atoms with Crippen LogP contribution in [0.1, 0.15) is 19.3 Å². The van der Waals surface area contributed by atoms with E-state index in [0.29, 0.717) is 24.9 Å². The summed E-state index contributed by atoms with van der Waals surface area (Å²) in [6.07, 6.45) is 3.06. The second-order valence-electron chi connectivity index (χ2n) is 6.43. The first-order valence-corrected chi connectivity index (χ1v) is 8.11. The fraction of sp³-hybridized carbons (Fsp3) is 0.529. The molecule has 6 nitrogen and oxygen atoms in total. The Morgan fingerprint density at radius 1 is 1.48 bits per heavy atom. The van der Waals surface area contributed by atoms with Crippen LogP contribution in [0.5, 0.6) is 0 Å². The van der Waals surface area contributed by atoms with E-state index in [0.717, 1.165) is 17.6 Å². The van der Waals surface area contributed by atoms with Crippen LogP contribution in [0.15, 0.2) is 24.3 Å². The molecule has 0 radical (unpaired) electrons. The molecule has 1 aliphatic heterocycles. The van der Waals surface area contributed by atoms with Gasteiger partial charge in [0, 0.05) is 20.1 Å². The van der Waals surface area contributed by atoms with E-state index < -0.39 is 5.60 Å². The van der Waals surface area contributed by atoms with Gasteiger partial charge in [-0.3, -0.25) is 10.1 Å². The lowest BCUT2D eigenvalue weighted by molar-refractivity contribution is -0.137. The van der Waals surface area contributed by atoms with Crippen LogP contribution in [0.4, 0.5) is 5.95 Å². The van der Waals surface area contributed by atoms with Gasteiger partial charge in [-0.2, -0.15) is 0 Å². The number of aromatic nitrogens is 2. The number of carbonyl (C=O) groups excluding carboxylic acids is 1. The highest BCUT2D eigenvalue weighted by Gasteiger charge is 2.43. The normalized spacial score (nSPS) is 24.2. The van der Waals surface area contributed by atoms with E-state index in [1.165, 1.54) is 12.8 Å². The standard InChI is InChI=1S/C17H21N3O3/c1-22-17(8-9-23-11-17)15(21)19-16-18-13-4-2-3-5-14(13)20(16)10-12-6-7-12/h2-5,12H,6-11H2,1H3,(H,18,19,21). The molecule has 2 heterocycles. The molecule has 2 aromatic rings. The van der Waals surface area contributed by atoms with E-state index in [2.05, 4.69) is 14.9 Å². The minimum Gasteiger partial charge on any atom is -0.378 e. The molecule has 1 saturated carbocycles. The molecule has 2 fully saturated rings. The van der Waals surface area contributed by atoms with Gasteiger partial charge in [0.1, 0.15) is 0 Å². The van der Waals surface area contributed by atoms with Gasteiger partial charge in [0.2, 0.25) is 5.95 Å². The molecule has 6 heteroatoms. The molecule has 0 bridgehead atoms. The van der Waals surface area contributed by atoms with Gasteiger partial charge in [0.05, 0.1) is 24.2 Å². The zero-order chi connectivity index (χ0) is 15.9. The molecule has 1 aromatic heterocycles. The Morgan fingerprint density at radius 2 is 2.30 bits per heavy atom. The van der Waals surface area contributed by atoms with Gasteiger partial charge in [-0.1, -0.05) is 12.1 Å². The average molecular weight is 315 g/mol. The van der Waals surface area contributed by atoms with Gasteiger partial charge in [0.15, 0.2) is 5.60 Å². The van der Waals surface area contributed by atoms with Crippen molar-refractivity contribution in [3.05, 3.63) is 24.3 Å². The van der Waals surface area contributed by atoms with Gasteiger partial charge < -0.3 is 14.0 Å². The van der Waals surface area contributed by atoms with Crippen molar-refractivity contribution in [1.29, 1.82) is 0 Å². The van der Waals surface area contributed by atoms with Gasteiger partial charge >= 0.3 is 0 Å². The zero-order valence-electron chi connectivity index (χ0n) is 13.2. The van der Waals surface area contributed by atoms with Crippen molar-refractivity contribution in [1.82, 2.24) is 9.55 Å². The second-order valence-corrected chi connectivity index (χ2v) is 6.43. The van der Waals surface area contributed by atoms with Crippen LogP contribution in [0.2, 0.25) is 0 Å². The lowest BCUT2D eigenvalue weighted by Gasteiger charge is -2.24. The van der Waals surface area contributed by atoms with Crippen molar-refractivity contribution in [3.8, 4) is 0 Å². The van der Waals surface area contributed by atoms with Crippen LogP contribution < -0.4 is 5.32 Å². The van der Waals surface area contributed by atoms with Crippen LogP contribution >= 0.6 is 0 Å². The number of nitrogens with one attached hydrogen (secondary N) is 1. The van der Waals surface area contributed by atoms with Crippen molar-refractivity contribution < 1.29 is 14.3 Å². The highest BCUT2D eigenvalue weighted by Crippen LogP contribution is 2.34. The third-order valence-corrected chi connectivity index (χ3v) is 4.81. The van der Waals surface area contributed by atoms with Crippen molar-refractivity contribution in [3.63, 3.8) is 0 Å². The summed E-state index contributed by atoms with van der Waals surface area (Å²) < 4.78 is 12.9. The Bertz CT molecular complexity index is 730. The third-order valence-electron chi connectivity index (χ3n) is 4.81. The maximum Gasteiger partial charge on any atom is 0.261 e. The summed E-state index contributed by atoms with van der Waals surface area (Å²) >= 11 is 0. The summed E-state index contributed by atoms with van der Waals surface area (Å²) in [5, 5.41) is 2.97. The van der Waals surface area contributed by atoms with E-state index in [4.69, 9.17) is 9.47 Å². The Labute approximate surface area is 134 Å². The number of para-hydroxylation sites is 2. The molecule has 1 atom stereocenters. The molecule has 23 heavy (non-hydrogen) atoms. The number of carbonyl (C=O) groups is 1. The Morgan fingerprint density at radius 3 is 3.00 bits per heavy atom. The molecule has 1 saturated heterocycles. The van der Waals surface area contributed by atoms with Gasteiger partial charge in [-0.15, -0.1) is 0 Å². The molecule has 1 amide bonds. The van der Waals surface area contributed by atoms with Crippen LogP contribution in [0, 0.1) is 5.92 Å². The number of fused-ring (bicyclic) bond motifs is 1. The molecule has 4 rings (SSSR count). The van der Waals surface area contributed by atoms with E-state index in [1.54, 1.807) is 7.11 Å². The van der Waals surface area contributed by atoms with Crippen molar-refractivity contribution in [2.45, 2.75) is 31.4 Å². The lowest BCUT2D eigenvalue weighted by atomic mass is 10.0. The summed E-state index contributed by atoms with van der Waals surface area (Å²) in [5.41, 5.74) is 1.06. The highest BCUT2D eigenvalue weighted by atomic mass is 16.6. The first kappa shape index (κ1) is 14.7. The molecule has 2 aliphatic rings. The molecule has 122 valence electrons. The largest absolute Gasteiger partial charge is 0.378 e. The van der Waals surface area contributed by atoms with Crippen LogP contribution in [-0.2, 0) is 20.8 Å². The quantitative estimate of drug-likeness (QED) is 0.918. The number of hydrogen-bond acceptors (Lipinski definition) is 4. The highest BCUT2D eigenvalue weighted by molar-refractivity contribution is 5.97. The van der Waals surface area contributed by atoms with Gasteiger partial charge in [-0.25, -0.2) is 4.98 Å². The number of benzene rings is 1. The maximum absolute atomic E-state index is 12.7. The third kappa shape index (κ3) is 2.62. The summed E-state index contributed by atoms with van der Waals surface area (Å²) in [6.45, 7) is 1.73. The Kier molecular flexibility index (Phi) is 3.58. The molecular formula is C17H21N3O3. The van der Waals surface area contributed by atoms with Crippen molar-refractivity contribution in [2.75, 3.05) is 25.6 Å². The smallest absolute Gasteiger partial charge is 0.261 e. The monoisotopic (exact) mass is 315 g/mol. The fourth-order valence-corrected chi connectivity index (χ4v) is 3.11. The number of amides is 1. The number of anilines is 1. The van der Waals surface area contributed by atoms with Gasteiger partial charge in [-0.05, 0) is 30.9 Å². The van der Waals surface area contributed by atoms with Crippen LogP contribution in [0.3, 0.4) is 0 Å². The van der Waals surface area contributed by atoms with E-state index in [1.807, 2.05) is 24.3 Å². The zero-order valence-corrected chi connectivity index (χ0v) is 13.2. The van der Waals surface area contributed by atoms with Crippen LogP contribution in [0.25, 0.3) is 11.0 Å². The number of nitrogens with zero attached hydrogens (tertiary/aromatic N) is 2. The van der Waals surface area contributed by atoms with E-state index in [-0.39, 0.29) is 12.5 Å². The maximum atomic E-state index is 12.7.